The topological polar surface area (TPSA) is 0 Å². The number of hydrogen-bond donors (Lipinski definition) is 0. The van der Waals surface area contributed by atoms with Crippen molar-refractivity contribution in [2.45, 2.75) is 5.92 Å². The Bertz CT molecular complexity index is 576. The van der Waals surface area contributed by atoms with E-state index in [0.29, 0.717) is 5.92 Å². The fourth-order valence-corrected chi connectivity index (χ4v) is 2.46. The van der Waals surface area contributed by atoms with Crippen LogP contribution in [0.3, 0.4) is 0 Å². The average molecular weight is 218 g/mol. The molecule has 2 aromatic rings. The van der Waals surface area contributed by atoms with E-state index in [1.54, 1.807) is 0 Å². The van der Waals surface area contributed by atoms with Crippen LogP contribution in [0.2, 0.25) is 0 Å². The predicted octanol–water partition coefficient (Wildman–Crippen LogP) is 4.40. The first-order chi connectivity index (χ1) is 8.36. The van der Waals surface area contributed by atoms with E-state index in [4.69, 9.17) is 0 Å². The van der Waals surface area contributed by atoms with Crippen LogP contribution >= 0.6 is 0 Å². The van der Waals surface area contributed by atoms with Gasteiger partial charge >= 0.3 is 0 Å². The van der Waals surface area contributed by atoms with Gasteiger partial charge in [-0.05, 0) is 22.3 Å². The highest BCUT2D eigenvalue weighted by Crippen LogP contribution is 2.37. The lowest BCUT2D eigenvalue weighted by Gasteiger charge is -2.24. The molecule has 0 nitrogen and oxygen atoms in total. The minimum Gasteiger partial charge on any atom is -0.0949 e. The molecule has 0 amide bonds. The van der Waals surface area contributed by atoms with Crippen molar-refractivity contribution >= 4 is 6.08 Å². The van der Waals surface area contributed by atoms with Crippen molar-refractivity contribution in [1.82, 2.24) is 0 Å². The quantitative estimate of drug-likeness (QED) is 0.665. The highest BCUT2D eigenvalue weighted by atomic mass is 14.2. The maximum Gasteiger partial charge on any atom is 0.0340 e. The van der Waals surface area contributed by atoms with Crippen molar-refractivity contribution in [1.29, 1.82) is 0 Å². The SMILES string of the molecule is C=C1C=Cc2ccccc2C1c1ccccc1. The third-order valence-corrected chi connectivity index (χ3v) is 3.29. The van der Waals surface area contributed by atoms with E-state index in [1.165, 1.54) is 16.7 Å². The lowest BCUT2D eigenvalue weighted by molar-refractivity contribution is 0.970. The largest absolute Gasteiger partial charge is 0.0949 e. The Morgan fingerprint density at radius 2 is 1.47 bits per heavy atom. The van der Waals surface area contributed by atoms with Crippen LogP contribution in [0, 0.1) is 0 Å². The van der Waals surface area contributed by atoms with Gasteiger partial charge in [-0.1, -0.05) is 73.3 Å². The molecule has 82 valence electrons. The molecular formula is C17H14. The molecule has 1 aliphatic rings. The monoisotopic (exact) mass is 218 g/mol. The molecule has 0 saturated heterocycles. The maximum atomic E-state index is 4.18. The van der Waals surface area contributed by atoms with Gasteiger partial charge in [0.1, 0.15) is 0 Å². The minimum atomic E-state index is 0.303. The Hall–Kier alpha value is -2.08. The van der Waals surface area contributed by atoms with Crippen molar-refractivity contribution in [3.63, 3.8) is 0 Å². The molecule has 0 bridgehead atoms. The first-order valence-electron chi connectivity index (χ1n) is 5.87. The molecule has 0 fully saturated rings. The molecule has 0 N–H and O–H groups in total. The predicted molar refractivity (Wildman–Crippen MR) is 72.9 cm³/mol. The summed E-state index contributed by atoms with van der Waals surface area (Å²) in [6, 6.07) is 19.1. The van der Waals surface area contributed by atoms with Crippen molar-refractivity contribution in [3.05, 3.63) is 89.5 Å². The highest BCUT2D eigenvalue weighted by molar-refractivity contribution is 5.66. The first-order valence-corrected chi connectivity index (χ1v) is 5.87. The zero-order valence-corrected chi connectivity index (χ0v) is 9.64. The summed E-state index contributed by atoms with van der Waals surface area (Å²) >= 11 is 0. The zero-order valence-electron chi connectivity index (χ0n) is 9.64. The number of allylic oxidation sites excluding steroid dienone is 2. The maximum absolute atomic E-state index is 4.18. The van der Waals surface area contributed by atoms with Crippen LogP contribution in [0.4, 0.5) is 0 Å². The number of fused-ring (bicyclic) bond motifs is 1. The van der Waals surface area contributed by atoms with E-state index in [9.17, 15) is 0 Å². The molecule has 0 heterocycles. The lowest BCUT2D eigenvalue weighted by Crippen LogP contribution is -2.07. The summed E-state index contributed by atoms with van der Waals surface area (Å²) in [5.74, 6) is 0.303. The van der Waals surface area contributed by atoms with Crippen molar-refractivity contribution in [2.24, 2.45) is 0 Å². The van der Waals surface area contributed by atoms with E-state index >= 15 is 0 Å². The summed E-state index contributed by atoms with van der Waals surface area (Å²) in [7, 11) is 0. The van der Waals surface area contributed by atoms with E-state index in [2.05, 4.69) is 73.3 Å². The molecule has 1 unspecified atom stereocenters. The van der Waals surface area contributed by atoms with Gasteiger partial charge in [0, 0.05) is 5.92 Å². The molecule has 0 spiro atoms. The van der Waals surface area contributed by atoms with Gasteiger partial charge in [-0.15, -0.1) is 0 Å². The van der Waals surface area contributed by atoms with Crippen molar-refractivity contribution in [2.75, 3.05) is 0 Å². The summed E-state index contributed by atoms with van der Waals surface area (Å²) < 4.78 is 0. The molecule has 0 saturated carbocycles. The second-order valence-corrected chi connectivity index (χ2v) is 4.38. The minimum absolute atomic E-state index is 0.303. The van der Waals surface area contributed by atoms with Gasteiger partial charge < -0.3 is 0 Å². The van der Waals surface area contributed by atoms with Gasteiger partial charge in [0.2, 0.25) is 0 Å². The Morgan fingerprint density at radius 3 is 2.29 bits per heavy atom. The summed E-state index contributed by atoms with van der Waals surface area (Å²) in [5, 5.41) is 0. The Balaban J connectivity index is 2.17. The molecule has 17 heavy (non-hydrogen) atoms. The second kappa shape index (κ2) is 4.06. The lowest BCUT2D eigenvalue weighted by atomic mass is 9.80. The third kappa shape index (κ3) is 1.72. The van der Waals surface area contributed by atoms with Crippen LogP contribution in [0.1, 0.15) is 22.6 Å². The summed E-state index contributed by atoms with van der Waals surface area (Å²) in [6.07, 6.45) is 4.27. The summed E-state index contributed by atoms with van der Waals surface area (Å²) in [5.41, 5.74) is 5.13. The van der Waals surface area contributed by atoms with Crippen molar-refractivity contribution in [3.8, 4) is 0 Å². The first kappa shape index (κ1) is 10.1. The Morgan fingerprint density at radius 1 is 0.765 bits per heavy atom. The van der Waals surface area contributed by atoms with Crippen LogP contribution in [-0.2, 0) is 0 Å². The number of rotatable bonds is 1. The molecule has 0 heteroatoms. The van der Waals surface area contributed by atoms with Gasteiger partial charge in [0.05, 0.1) is 0 Å². The van der Waals surface area contributed by atoms with Crippen LogP contribution in [0.15, 0.2) is 72.8 Å². The van der Waals surface area contributed by atoms with Gasteiger partial charge in [0.25, 0.3) is 0 Å². The molecule has 0 radical (unpaired) electrons. The fourth-order valence-electron chi connectivity index (χ4n) is 2.46. The van der Waals surface area contributed by atoms with E-state index in [0.717, 1.165) is 5.57 Å². The van der Waals surface area contributed by atoms with E-state index < -0.39 is 0 Å². The molecule has 3 rings (SSSR count). The van der Waals surface area contributed by atoms with Crippen molar-refractivity contribution < 1.29 is 0 Å². The van der Waals surface area contributed by atoms with E-state index in [-0.39, 0.29) is 0 Å². The smallest absolute Gasteiger partial charge is 0.0340 e. The fraction of sp³-hybridized carbons (Fsp3) is 0.0588. The van der Waals surface area contributed by atoms with Gasteiger partial charge in [0.15, 0.2) is 0 Å². The second-order valence-electron chi connectivity index (χ2n) is 4.38. The average Bonchev–Trinajstić information content (AvgIpc) is 2.39. The van der Waals surface area contributed by atoms with Gasteiger partial charge in [-0.3, -0.25) is 0 Å². The van der Waals surface area contributed by atoms with Crippen LogP contribution in [0.5, 0.6) is 0 Å². The third-order valence-electron chi connectivity index (χ3n) is 3.29. The van der Waals surface area contributed by atoms with Gasteiger partial charge in [-0.25, -0.2) is 0 Å². The summed E-state index contributed by atoms with van der Waals surface area (Å²) in [6.45, 7) is 4.18. The zero-order chi connectivity index (χ0) is 11.7. The molecule has 1 atom stereocenters. The van der Waals surface area contributed by atoms with Gasteiger partial charge in [-0.2, -0.15) is 0 Å². The van der Waals surface area contributed by atoms with Crippen LogP contribution < -0.4 is 0 Å². The number of hydrogen-bond acceptors (Lipinski definition) is 0. The summed E-state index contributed by atoms with van der Waals surface area (Å²) in [4.78, 5) is 0. The highest BCUT2D eigenvalue weighted by Gasteiger charge is 2.20. The number of benzene rings is 2. The van der Waals surface area contributed by atoms with E-state index in [1.807, 2.05) is 0 Å². The molecule has 0 aromatic heterocycles. The van der Waals surface area contributed by atoms with Crippen LogP contribution in [0.25, 0.3) is 6.08 Å². The Kier molecular flexibility index (Phi) is 2.41. The Labute approximate surface area is 102 Å². The molecule has 1 aliphatic carbocycles. The molecular weight excluding hydrogens is 204 g/mol. The molecule has 2 aromatic carbocycles. The standard InChI is InChI=1S/C17H14/c1-13-11-12-14-7-5-6-10-16(14)17(13)15-8-3-2-4-9-15/h2-12,17H,1H2. The van der Waals surface area contributed by atoms with Crippen LogP contribution in [-0.4, -0.2) is 0 Å². The normalized spacial score (nSPS) is 17.9. The molecule has 0 aliphatic heterocycles.